The highest BCUT2D eigenvalue weighted by Gasteiger charge is 2.33. The molecule has 6 rings (SSSR count). The van der Waals surface area contributed by atoms with Crippen molar-refractivity contribution in [1.29, 1.82) is 0 Å². The zero-order chi connectivity index (χ0) is 35.0. The minimum absolute atomic E-state index is 0.101. The molecule has 11 nitrogen and oxygen atoms in total. The van der Waals surface area contributed by atoms with Crippen LogP contribution < -0.4 is 20.1 Å². The number of aliphatic hydroxyl groups is 1. The van der Waals surface area contributed by atoms with E-state index in [1.807, 2.05) is 49.0 Å². The largest absolute Gasteiger partial charge is 0.496 e. The SMILES string of the molecule is COc1cc(OC2CCc3c(-c4cccc(NC(=O)c5nc6c(n5C)CCN(C)C6)c4Cl)cccc32)c(Cl)cc1CNC(C)(CO)C(=O)O. The van der Waals surface area contributed by atoms with Crippen LogP contribution in [0.4, 0.5) is 5.69 Å². The van der Waals surface area contributed by atoms with Crippen molar-refractivity contribution in [1.82, 2.24) is 19.8 Å². The highest BCUT2D eigenvalue weighted by atomic mass is 35.5. The topological polar surface area (TPSA) is 138 Å². The number of aliphatic hydroxyl groups excluding tert-OH is 1. The first-order valence-electron chi connectivity index (χ1n) is 16.0. The number of benzene rings is 3. The molecule has 2 unspecified atom stereocenters. The van der Waals surface area contributed by atoms with Crippen LogP contribution in [0.1, 0.15) is 58.1 Å². The second-order valence-electron chi connectivity index (χ2n) is 12.8. The number of rotatable bonds is 11. The number of methoxy groups -OCH3 is 1. The van der Waals surface area contributed by atoms with Gasteiger partial charge >= 0.3 is 5.97 Å². The molecular formula is C36H39Cl2N5O6. The first kappa shape index (κ1) is 34.7. The van der Waals surface area contributed by atoms with Gasteiger partial charge < -0.3 is 34.5 Å². The summed E-state index contributed by atoms with van der Waals surface area (Å²) in [5.41, 5.74) is 5.45. The Labute approximate surface area is 294 Å². The second-order valence-corrected chi connectivity index (χ2v) is 13.5. The van der Waals surface area contributed by atoms with Crippen LogP contribution in [0.15, 0.2) is 48.5 Å². The monoisotopic (exact) mass is 707 g/mol. The van der Waals surface area contributed by atoms with E-state index in [0.29, 0.717) is 51.6 Å². The molecule has 2 atom stereocenters. The fourth-order valence-corrected chi connectivity index (χ4v) is 7.01. The molecule has 2 heterocycles. The minimum atomic E-state index is -1.53. The first-order valence-corrected chi connectivity index (χ1v) is 16.8. The Morgan fingerprint density at radius 3 is 2.57 bits per heavy atom. The fraction of sp³-hybridized carbons (Fsp3) is 0.361. The summed E-state index contributed by atoms with van der Waals surface area (Å²) >= 11 is 13.7. The van der Waals surface area contributed by atoms with Gasteiger partial charge in [-0.25, -0.2) is 4.98 Å². The van der Waals surface area contributed by atoms with E-state index < -0.39 is 18.1 Å². The molecule has 4 N–H and O–H groups in total. The van der Waals surface area contributed by atoms with Crippen LogP contribution in [0.5, 0.6) is 11.5 Å². The van der Waals surface area contributed by atoms with Gasteiger partial charge in [0.1, 0.15) is 23.1 Å². The van der Waals surface area contributed by atoms with Crippen molar-refractivity contribution in [3.05, 3.63) is 92.5 Å². The van der Waals surface area contributed by atoms with Gasteiger partial charge in [0.25, 0.3) is 5.91 Å². The van der Waals surface area contributed by atoms with Gasteiger partial charge in [-0.1, -0.05) is 53.5 Å². The fourth-order valence-electron chi connectivity index (χ4n) is 6.50. The number of halogens is 2. The zero-order valence-corrected chi connectivity index (χ0v) is 29.3. The Balaban J connectivity index is 1.22. The lowest BCUT2D eigenvalue weighted by Gasteiger charge is -2.25. The van der Waals surface area contributed by atoms with Crippen molar-refractivity contribution < 1.29 is 29.3 Å². The number of aromatic nitrogens is 2. The number of ether oxygens (including phenoxy) is 2. The van der Waals surface area contributed by atoms with Gasteiger partial charge in [0, 0.05) is 56.0 Å². The molecule has 1 amide bonds. The molecule has 0 bridgehead atoms. The van der Waals surface area contributed by atoms with E-state index in [1.165, 1.54) is 14.0 Å². The lowest BCUT2D eigenvalue weighted by molar-refractivity contribution is -0.145. The summed E-state index contributed by atoms with van der Waals surface area (Å²) in [7, 11) is 5.43. The number of hydrogen-bond acceptors (Lipinski definition) is 8. The van der Waals surface area contributed by atoms with Crippen LogP contribution in [0, 0.1) is 0 Å². The standard InChI is InChI=1S/C36H39Cl2N5O6/c1-36(19-44,35(46)47)39-17-20-15-25(37)31(16-30(20)48-4)49-29-12-11-22-21(7-5-8-23(22)29)24-9-6-10-26(32(24)38)41-34(45)33-40-27-18-42(2)14-13-28(27)43(33)3/h5-10,15-16,29,39,44H,11-14,17-19H2,1-4H3,(H,41,45)(H,46,47). The van der Waals surface area contributed by atoms with E-state index in [1.54, 1.807) is 18.2 Å². The summed E-state index contributed by atoms with van der Waals surface area (Å²) in [5, 5.41) is 25.7. The third-order valence-electron chi connectivity index (χ3n) is 9.46. The van der Waals surface area contributed by atoms with Gasteiger partial charge in [0.15, 0.2) is 5.82 Å². The van der Waals surface area contributed by atoms with E-state index in [4.69, 9.17) is 32.7 Å². The van der Waals surface area contributed by atoms with Crippen molar-refractivity contribution in [2.75, 3.05) is 32.6 Å². The first-order chi connectivity index (χ1) is 23.4. The van der Waals surface area contributed by atoms with Crippen molar-refractivity contribution in [2.45, 2.75) is 50.9 Å². The van der Waals surface area contributed by atoms with E-state index in [0.717, 1.165) is 53.0 Å². The molecule has 49 heavy (non-hydrogen) atoms. The number of carbonyl (C=O) groups is 2. The predicted octanol–water partition coefficient (Wildman–Crippen LogP) is 5.63. The number of imidazole rings is 1. The quantitative estimate of drug-likeness (QED) is 0.156. The molecule has 258 valence electrons. The molecule has 2 aliphatic rings. The molecule has 3 aromatic carbocycles. The summed E-state index contributed by atoms with van der Waals surface area (Å²) in [6.07, 6.45) is 1.99. The molecular weight excluding hydrogens is 669 g/mol. The number of likely N-dealkylation sites (N-methyl/N-ethyl adjacent to an activating group) is 1. The van der Waals surface area contributed by atoms with E-state index in [-0.39, 0.29) is 18.6 Å². The summed E-state index contributed by atoms with van der Waals surface area (Å²) in [5.74, 6) is -0.241. The van der Waals surface area contributed by atoms with Crippen LogP contribution in [-0.4, -0.2) is 69.4 Å². The third kappa shape index (κ3) is 6.73. The lowest BCUT2D eigenvalue weighted by atomic mass is 9.96. The smallest absolute Gasteiger partial charge is 0.326 e. The van der Waals surface area contributed by atoms with Gasteiger partial charge in [-0.05, 0) is 55.6 Å². The van der Waals surface area contributed by atoms with Gasteiger partial charge in [-0.15, -0.1) is 0 Å². The van der Waals surface area contributed by atoms with E-state index in [9.17, 15) is 19.8 Å². The Bertz CT molecular complexity index is 1930. The normalized spacial score (nSPS) is 16.8. The number of nitrogens with zero attached hydrogens (tertiary/aromatic N) is 3. The van der Waals surface area contributed by atoms with E-state index >= 15 is 0 Å². The van der Waals surface area contributed by atoms with Crippen molar-refractivity contribution in [2.24, 2.45) is 7.05 Å². The van der Waals surface area contributed by atoms with Crippen LogP contribution in [-0.2, 0) is 37.8 Å². The summed E-state index contributed by atoms with van der Waals surface area (Å²) < 4.78 is 13.9. The molecule has 13 heteroatoms. The molecule has 0 saturated carbocycles. The molecule has 0 saturated heterocycles. The Kier molecular flexibility index (Phi) is 9.93. The van der Waals surface area contributed by atoms with Gasteiger partial charge in [-0.2, -0.15) is 0 Å². The summed E-state index contributed by atoms with van der Waals surface area (Å²) in [6.45, 7) is 2.54. The van der Waals surface area contributed by atoms with Crippen LogP contribution >= 0.6 is 23.2 Å². The number of fused-ring (bicyclic) bond motifs is 2. The number of carboxylic acid groups (broad SMARTS) is 1. The zero-order valence-electron chi connectivity index (χ0n) is 27.8. The highest BCUT2D eigenvalue weighted by molar-refractivity contribution is 6.36. The Morgan fingerprint density at radius 1 is 1.08 bits per heavy atom. The third-order valence-corrected chi connectivity index (χ3v) is 10.2. The molecule has 1 aliphatic heterocycles. The van der Waals surface area contributed by atoms with Crippen molar-refractivity contribution in [3.63, 3.8) is 0 Å². The second kappa shape index (κ2) is 14.0. The maximum absolute atomic E-state index is 13.4. The number of aliphatic carboxylic acids is 1. The summed E-state index contributed by atoms with van der Waals surface area (Å²) in [4.78, 5) is 31.9. The number of anilines is 1. The van der Waals surface area contributed by atoms with Gasteiger partial charge in [0.05, 0.1) is 35.1 Å². The molecule has 1 aliphatic carbocycles. The van der Waals surface area contributed by atoms with E-state index in [2.05, 4.69) is 20.5 Å². The van der Waals surface area contributed by atoms with Crippen LogP contribution in [0.3, 0.4) is 0 Å². The number of carbonyl (C=O) groups excluding carboxylic acids is 1. The average Bonchev–Trinajstić information content (AvgIpc) is 3.65. The molecule has 4 aromatic rings. The predicted molar refractivity (Wildman–Crippen MR) is 188 cm³/mol. The number of amides is 1. The molecule has 0 spiro atoms. The number of carboxylic acids is 1. The molecule has 1 aromatic heterocycles. The van der Waals surface area contributed by atoms with Gasteiger partial charge in [0.2, 0.25) is 0 Å². The molecule has 0 fully saturated rings. The molecule has 0 radical (unpaired) electrons. The maximum Gasteiger partial charge on any atom is 0.326 e. The number of nitrogens with one attached hydrogen (secondary N) is 2. The average molecular weight is 709 g/mol. The van der Waals surface area contributed by atoms with Crippen molar-refractivity contribution in [3.8, 4) is 22.6 Å². The van der Waals surface area contributed by atoms with Crippen molar-refractivity contribution >= 4 is 40.8 Å². The minimum Gasteiger partial charge on any atom is -0.496 e. The Morgan fingerprint density at radius 2 is 1.84 bits per heavy atom. The van der Waals surface area contributed by atoms with Crippen LogP contribution in [0.2, 0.25) is 10.0 Å². The highest BCUT2D eigenvalue weighted by Crippen LogP contribution is 2.45. The Hall–Kier alpha value is -4.13. The van der Waals surface area contributed by atoms with Gasteiger partial charge in [-0.3, -0.25) is 14.9 Å². The maximum atomic E-state index is 13.4. The lowest BCUT2D eigenvalue weighted by Crippen LogP contribution is -2.52. The summed E-state index contributed by atoms with van der Waals surface area (Å²) in [6, 6.07) is 15.0. The van der Waals surface area contributed by atoms with Crippen LogP contribution in [0.25, 0.3) is 11.1 Å². The number of hydrogen-bond donors (Lipinski definition) is 4.